The van der Waals surface area contributed by atoms with Crippen molar-refractivity contribution in [3.8, 4) is 0 Å². The number of nitrogens with zero attached hydrogens (tertiary/aromatic N) is 6. The summed E-state index contributed by atoms with van der Waals surface area (Å²) in [5.74, 6) is -1.82. The van der Waals surface area contributed by atoms with Crippen molar-refractivity contribution in [3.05, 3.63) is 77.9 Å². The number of amides is 7. The van der Waals surface area contributed by atoms with Gasteiger partial charge in [-0.15, -0.1) is 0 Å². The van der Waals surface area contributed by atoms with Crippen LogP contribution in [0.15, 0.2) is 71.7 Å². The normalized spacial score (nSPS) is 18.3. The SMILES string of the molecule is CCC(C)C(C(CC(=O)N1CCCC1C(OC)C(C)C(=O)N[C@@H](Cc1ccccc1)C(=O)Nc1ccc(CNC(=O)CCCCCN2C(=O)C=CC2=O)cc1)OC)N(C)C(=O)CN=C1N(C)CCN1C. The molecule has 3 N–H and O–H groups in total. The van der Waals surface area contributed by atoms with Gasteiger partial charge >= 0.3 is 0 Å². The number of likely N-dealkylation sites (tertiary alicyclic amines) is 1. The van der Waals surface area contributed by atoms with Crippen molar-refractivity contribution in [2.24, 2.45) is 16.8 Å². The van der Waals surface area contributed by atoms with Crippen molar-refractivity contribution in [2.75, 3.05) is 73.4 Å². The molecule has 6 unspecified atom stereocenters. The van der Waals surface area contributed by atoms with Crippen LogP contribution in [0.1, 0.15) is 83.3 Å². The van der Waals surface area contributed by atoms with E-state index in [1.54, 1.807) is 55.1 Å². The summed E-state index contributed by atoms with van der Waals surface area (Å²) in [6, 6.07) is 14.8. The molecule has 382 valence electrons. The molecule has 7 amide bonds. The zero-order valence-corrected chi connectivity index (χ0v) is 42.4. The van der Waals surface area contributed by atoms with Crippen LogP contribution in [0.5, 0.6) is 0 Å². The Morgan fingerprint density at radius 1 is 0.843 bits per heavy atom. The summed E-state index contributed by atoms with van der Waals surface area (Å²) >= 11 is 0. The molecule has 3 aliphatic heterocycles. The van der Waals surface area contributed by atoms with Crippen molar-refractivity contribution in [2.45, 2.75) is 115 Å². The third-order valence-electron chi connectivity index (χ3n) is 13.9. The zero-order valence-electron chi connectivity index (χ0n) is 42.4. The quantitative estimate of drug-likeness (QED) is 0.0919. The van der Waals surface area contributed by atoms with Gasteiger partial charge in [0.2, 0.25) is 29.5 Å². The van der Waals surface area contributed by atoms with E-state index in [2.05, 4.69) is 34.8 Å². The molecule has 0 radical (unpaired) electrons. The van der Waals surface area contributed by atoms with E-state index in [4.69, 9.17) is 9.47 Å². The molecule has 3 heterocycles. The second kappa shape index (κ2) is 26.7. The number of imide groups is 1. The summed E-state index contributed by atoms with van der Waals surface area (Å²) in [5.41, 5.74) is 2.19. The van der Waals surface area contributed by atoms with Gasteiger partial charge in [0.25, 0.3) is 11.8 Å². The topological polar surface area (TPSA) is 203 Å². The van der Waals surface area contributed by atoms with Gasteiger partial charge in [-0.2, -0.15) is 0 Å². The van der Waals surface area contributed by atoms with E-state index in [1.165, 1.54) is 24.2 Å². The van der Waals surface area contributed by atoms with E-state index in [0.29, 0.717) is 57.4 Å². The fourth-order valence-corrected chi connectivity index (χ4v) is 9.58. The Morgan fingerprint density at radius 2 is 1.51 bits per heavy atom. The monoisotopic (exact) mass is 970 g/mol. The Morgan fingerprint density at radius 3 is 2.14 bits per heavy atom. The summed E-state index contributed by atoms with van der Waals surface area (Å²) in [4.78, 5) is 105. The summed E-state index contributed by atoms with van der Waals surface area (Å²) in [7, 11) is 8.76. The summed E-state index contributed by atoms with van der Waals surface area (Å²) in [6.45, 7) is 8.62. The molecular formula is C52H75N9O9. The standard InChI is InChI=1S/C52H75N9O9/c1-9-35(2)48(59(6)47(66)34-54-52-57(4)29-30-58(52)5)42(69-7)32-46(65)60-28-16-19-41(60)49(70-8)36(3)50(67)56-40(31-37-17-12-10-13-18-37)51(68)55-39-23-21-38(22-24-39)33-53-43(62)20-14-11-15-27-61-44(63)25-26-45(61)64/h10,12-13,17-18,21-26,35-36,40-42,48-49H,9,11,14-16,19-20,27-34H2,1-8H3,(H,53,62)(H,55,68)(H,56,67)/t35?,36?,40-,41?,42?,48?,49?/m0/s1. The Labute approximate surface area is 413 Å². The molecule has 18 heteroatoms. The van der Waals surface area contributed by atoms with Crippen LogP contribution >= 0.6 is 0 Å². The lowest BCUT2D eigenvalue weighted by Gasteiger charge is -2.39. The first-order chi connectivity index (χ1) is 33.6. The van der Waals surface area contributed by atoms with Gasteiger partial charge in [0, 0.05) is 98.8 Å². The second-order valence-corrected chi connectivity index (χ2v) is 18.8. The average Bonchev–Trinajstić information content (AvgIpc) is 4.07. The van der Waals surface area contributed by atoms with Crippen molar-refractivity contribution in [1.82, 2.24) is 35.1 Å². The second-order valence-electron chi connectivity index (χ2n) is 18.8. The number of unbranched alkanes of at least 4 members (excludes halogenated alkanes) is 2. The van der Waals surface area contributed by atoms with Crippen LogP contribution in [0, 0.1) is 11.8 Å². The molecule has 7 atom stereocenters. The van der Waals surface area contributed by atoms with Gasteiger partial charge in [0.1, 0.15) is 12.6 Å². The van der Waals surface area contributed by atoms with Crippen molar-refractivity contribution in [1.29, 1.82) is 0 Å². The zero-order chi connectivity index (χ0) is 50.9. The van der Waals surface area contributed by atoms with E-state index in [9.17, 15) is 33.6 Å². The molecule has 2 saturated heterocycles. The number of carbonyl (C=O) groups excluding carboxylic acids is 7. The van der Waals surface area contributed by atoms with Crippen molar-refractivity contribution in [3.63, 3.8) is 0 Å². The molecular weight excluding hydrogens is 895 g/mol. The molecule has 2 aromatic rings. The highest BCUT2D eigenvalue weighted by Gasteiger charge is 2.42. The lowest BCUT2D eigenvalue weighted by atomic mass is 9.90. The highest BCUT2D eigenvalue weighted by molar-refractivity contribution is 6.12. The highest BCUT2D eigenvalue weighted by atomic mass is 16.5. The predicted octanol–water partition coefficient (Wildman–Crippen LogP) is 3.61. The molecule has 5 rings (SSSR count). The third-order valence-corrected chi connectivity index (χ3v) is 13.9. The molecule has 0 spiro atoms. The van der Waals surface area contributed by atoms with Gasteiger partial charge in [0.15, 0.2) is 5.96 Å². The molecule has 0 aliphatic carbocycles. The first-order valence-electron chi connectivity index (χ1n) is 24.7. The summed E-state index contributed by atoms with van der Waals surface area (Å²) in [5, 5.41) is 8.85. The molecule has 0 bridgehead atoms. The number of carbonyl (C=O) groups is 7. The maximum Gasteiger partial charge on any atom is 0.253 e. The lowest BCUT2D eigenvalue weighted by molar-refractivity contribution is -0.145. The summed E-state index contributed by atoms with van der Waals surface area (Å²) < 4.78 is 12.0. The minimum absolute atomic E-state index is 0.0168. The van der Waals surface area contributed by atoms with Crippen LogP contribution in [0.2, 0.25) is 0 Å². The van der Waals surface area contributed by atoms with E-state index in [0.717, 1.165) is 43.0 Å². The number of guanidine groups is 1. The molecule has 70 heavy (non-hydrogen) atoms. The first kappa shape index (κ1) is 54.8. The molecule has 0 aromatic heterocycles. The van der Waals surface area contributed by atoms with Gasteiger partial charge in [-0.1, -0.05) is 76.1 Å². The van der Waals surface area contributed by atoms with Crippen LogP contribution in [0.4, 0.5) is 5.69 Å². The average molecular weight is 970 g/mol. The fraction of sp³-hybridized carbons (Fsp3) is 0.577. The minimum Gasteiger partial charge on any atom is -0.379 e. The Kier molecular flexibility index (Phi) is 20.9. The maximum atomic E-state index is 14.3. The predicted molar refractivity (Wildman–Crippen MR) is 267 cm³/mol. The maximum absolute atomic E-state index is 14.3. The number of hydrogen-bond donors (Lipinski definition) is 3. The summed E-state index contributed by atoms with van der Waals surface area (Å²) in [6.07, 6.45) is 5.85. The fourth-order valence-electron chi connectivity index (χ4n) is 9.58. The molecule has 18 nitrogen and oxygen atoms in total. The van der Waals surface area contributed by atoms with Gasteiger partial charge in [-0.05, 0) is 54.9 Å². The lowest BCUT2D eigenvalue weighted by Crippen LogP contribution is -2.54. The smallest absolute Gasteiger partial charge is 0.253 e. The van der Waals surface area contributed by atoms with Crippen LogP contribution in [0.25, 0.3) is 0 Å². The number of anilines is 1. The van der Waals surface area contributed by atoms with Gasteiger partial charge in [0.05, 0.1) is 36.6 Å². The van der Waals surface area contributed by atoms with Gasteiger partial charge in [-0.3, -0.25) is 38.5 Å². The van der Waals surface area contributed by atoms with Crippen molar-refractivity contribution < 1.29 is 43.0 Å². The number of benzene rings is 2. The number of aliphatic imine (C=N–C) groups is 1. The number of methoxy groups -OCH3 is 2. The van der Waals surface area contributed by atoms with E-state index in [-0.39, 0.29) is 54.8 Å². The Balaban J connectivity index is 1.17. The van der Waals surface area contributed by atoms with Crippen LogP contribution in [-0.2, 0) is 56.0 Å². The van der Waals surface area contributed by atoms with Crippen LogP contribution in [0.3, 0.4) is 0 Å². The Hall–Kier alpha value is -6.14. The number of nitrogens with one attached hydrogen (secondary N) is 3. The van der Waals surface area contributed by atoms with Gasteiger partial charge in [-0.25, -0.2) is 4.99 Å². The highest BCUT2D eigenvalue weighted by Crippen LogP contribution is 2.30. The van der Waals surface area contributed by atoms with E-state index < -0.39 is 48.1 Å². The van der Waals surface area contributed by atoms with E-state index >= 15 is 0 Å². The third kappa shape index (κ3) is 14.9. The van der Waals surface area contributed by atoms with E-state index in [1.807, 2.05) is 54.2 Å². The largest absolute Gasteiger partial charge is 0.379 e. The van der Waals surface area contributed by atoms with Crippen LogP contribution < -0.4 is 16.0 Å². The number of ether oxygens (including phenoxy) is 2. The molecule has 0 saturated carbocycles. The number of hydrogen-bond acceptors (Lipinski definition) is 10. The van der Waals surface area contributed by atoms with Crippen LogP contribution in [-0.4, -0.2) is 170 Å². The molecule has 2 fully saturated rings. The molecule has 2 aromatic carbocycles. The first-order valence-corrected chi connectivity index (χ1v) is 24.7. The number of rotatable bonds is 26. The van der Waals surface area contributed by atoms with Gasteiger partial charge < -0.3 is 45.0 Å². The Bertz CT molecular complexity index is 2140. The molecule has 3 aliphatic rings. The van der Waals surface area contributed by atoms with Crippen molar-refractivity contribution >= 4 is 53.0 Å². The number of likely N-dealkylation sites (N-methyl/N-ethyl adjacent to an activating group) is 3. The minimum atomic E-state index is -0.950.